The second-order valence-corrected chi connectivity index (χ2v) is 5.24. The first-order valence-corrected chi connectivity index (χ1v) is 7.07. The van der Waals surface area contributed by atoms with Crippen molar-refractivity contribution in [1.29, 1.82) is 0 Å². The topological polar surface area (TPSA) is 44.4 Å². The van der Waals surface area contributed by atoms with Gasteiger partial charge in [-0.2, -0.15) is 0 Å². The van der Waals surface area contributed by atoms with Crippen LogP contribution in [0.4, 0.5) is 0 Å². The van der Waals surface area contributed by atoms with Crippen molar-refractivity contribution >= 4 is 5.91 Å². The molecule has 0 radical (unpaired) electrons. The number of rotatable bonds is 4. The van der Waals surface area contributed by atoms with Crippen LogP contribution in [0.15, 0.2) is 0 Å². The Balaban J connectivity index is 1.58. The highest BCUT2D eigenvalue weighted by Gasteiger charge is 2.20. The molecule has 2 rings (SSSR count). The molecule has 4 heteroatoms. The maximum atomic E-state index is 11.9. The Hall–Kier alpha value is -0.610. The van der Waals surface area contributed by atoms with E-state index in [1.54, 1.807) is 0 Å². The molecule has 0 aliphatic carbocycles. The third kappa shape index (κ3) is 4.28. The van der Waals surface area contributed by atoms with E-state index in [1.165, 1.54) is 32.4 Å². The number of carbonyl (C=O) groups excluding carboxylic acids is 1. The highest BCUT2D eigenvalue weighted by atomic mass is 16.1. The van der Waals surface area contributed by atoms with E-state index in [1.807, 2.05) is 0 Å². The third-order valence-corrected chi connectivity index (χ3v) is 3.84. The number of likely N-dealkylation sites (tertiary alicyclic amines) is 1. The van der Waals surface area contributed by atoms with Gasteiger partial charge < -0.3 is 15.5 Å². The predicted molar refractivity (Wildman–Crippen MR) is 68.9 cm³/mol. The summed E-state index contributed by atoms with van der Waals surface area (Å²) in [5, 5.41) is 6.36. The lowest BCUT2D eigenvalue weighted by Crippen LogP contribution is -2.43. The molecule has 2 saturated heterocycles. The first-order chi connectivity index (χ1) is 8.36. The summed E-state index contributed by atoms with van der Waals surface area (Å²) in [4.78, 5) is 14.3. The molecule has 2 heterocycles. The van der Waals surface area contributed by atoms with Crippen LogP contribution in [0.1, 0.15) is 32.1 Å². The van der Waals surface area contributed by atoms with Crippen molar-refractivity contribution in [2.45, 2.75) is 32.1 Å². The van der Waals surface area contributed by atoms with Gasteiger partial charge in [-0.05, 0) is 45.3 Å². The molecule has 0 spiro atoms. The molecule has 0 aromatic heterocycles. The summed E-state index contributed by atoms with van der Waals surface area (Å²) in [6.07, 6.45) is 6.18. The Morgan fingerprint density at radius 2 is 2.06 bits per heavy atom. The third-order valence-electron chi connectivity index (χ3n) is 3.84. The van der Waals surface area contributed by atoms with Crippen LogP contribution in [0, 0.1) is 5.92 Å². The van der Waals surface area contributed by atoms with Crippen LogP contribution in [0.3, 0.4) is 0 Å². The fourth-order valence-corrected chi connectivity index (χ4v) is 2.74. The van der Waals surface area contributed by atoms with E-state index >= 15 is 0 Å². The SMILES string of the molecule is O=C(NCCN1CCCCC1)[C@@H]1CCCNC1. The van der Waals surface area contributed by atoms with Gasteiger partial charge in [0.15, 0.2) is 0 Å². The van der Waals surface area contributed by atoms with Crippen LogP contribution in [-0.2, 0) is 4.79 Å². The van der Waals surface area contributed by atoms with Gasteiger partial charge in [0.25, 0.3) is 0 Å². The lowest BCUT2D eigenvalue weighted by Gasteiger charge is -2.27. The van der Waals surface area contributed by atoms with Gasteiger partial charge in [-0.1, -0.05) is 6.42 Å². The van der Waals surface area contributed by atoms with Crippen molar-refractivity contribution < 1.29 is 4.79 Å². The molecule has 0 aromatic rings. The van der Waals surface area contributed by atoms with Gasteiger partial charge in [-0.3, -0.25) is 4.79 Å². The average molecular weight is 239 g/mol. The van der Waals surface area contributed by atoms with E-state index in [0.29, 0.717) is 0 Å². The zero-order valence-corrected chi connectivity index (χ0v) is 10.7. The van der Waals surface area contributed by atoms with Crippen molar-refractivity contribution in [1.82, 2.24) is 15.5 Å². The van der Waals surface area contributed by atoms with Gasteiger partial charge in [0.2, 0.25) is 5.91 Å². The Morgan fingerprint density at radius 3 is 2.76 bits per heavy atom. The van der Waals surface area contributed by atoms with E-state index in [9.17, 15) is 4.79 Å². The number of amides is 1. The molecule has 0 aromatic carbocycles. The van der Waals surface area contributed by atoms with Crippen LogP contribution < -0.4 is 10.6 Å². The highest BCUT2D eigenvalue weighted by molar-refractivity contribution is 5.78. The van der Waals surface area contributed by atoms with Crippen molar-refractivity contribution in [2.75, 3.05) is 39.3 Å². The fraction of sp³-hybridized carbons (Fsp3) is 0.923. The molecular formula is C13H25N3O. The first-order valence-electron chi connectivity index (χ1n) is 7.07. The van der Waals surface area contributed by atoms with E-state index in [-0.39, 0.29) is 11.8 Å². The highest BCUT2D eigenvalue weighted by Crippen LogP contribution is 2.10. The zero-order valence-electron chi connectivity index (χ0n) is 10.7. The van der Waals surface area contributed by atoms with Crippen molar-refractivity contribution in [3.05, 3.63) is 0 Å². The lowest BCUT2D eigenvalue weighted by atomic mass is 9.99. The van der Waals surface area contributed by atoms with E-state index in [0.717, 1.165) is 39.0 Å². The summed E-state index contributed by atoms with van der Waals surface area (Å²) in [5.74, 6) is 0.444. The largest absolute Gasteiger partial charge is 0.355 e. The smallest absolute Gasteiger partial charge is 0.224 e. The fourth-order valence-electron chi connectivity index (χ4n) is 2.74. The summed E-state index contributed by atoms with van der Waals surface area (Å²) in [5.41, 5.74) is 0. The normalized spacial score (nSPS) is 26.7. The predicted octanol–water partition coefficient (Wildman–Crippen LogP) is 0.588. The maximum absolute atomic E-state index is 11.9. The molecule has 0 bridgehead atoms. The van der Waals surface area contributed by atoms with Gasteiger partial charge in [-0.25, -0.2) is 0 Å². The molecule has 1 atom stereocenters. The minimum absolute atomic E-state index is 0.199. The summed E-state index contributed by atoms with van der Waals surface area (Å²) in [6, 6.07) is 0. The molecule has 2 N–H and O–H groups in total. The molecule has 0 saturated carbocycles. The Morgan fingerprint density at radius 1 is 1.24 bits per heavy atom. The number of nitrogens with zero attached hydrogens (tertiary/aromatic N) is 1. The number of hydrogen-bond acceptors (Lipinski definition) is 3. The van der Waals surface area contributed by atoms with Crippen LogP contribution in [-0.4, -0.2) is 50.1 Å². The van der Waals surface area contributed by atoms with Crippen LogP contribution in [0.2, 0.25) is 0 Å². The molecular weight excluding hydrogens is 214 g/mol. The average Bonchev–Trinajstić information content (AvgIpc) is 2.41. The first kappa shape index (κ1) is 12.8. The number of piperidine rings is 2. The Kier molecular flexibility index (Phi) is 5.26. The lowest BCUT2D eigenvalue weighted by molar-refractivity contribution is -0.125. The van der Waals surface area contributed by atoms with Crippen molar-refractivity contribution in [3.63, 3.8) is 0 Å². The van der Waals surface area contributed by atoms with Crippen molar-refractivity contribution in [3.8, 4) is 0 Å². The quantitative estimate of drug-likeness (QED) is 0.754. The van der Waals surface area contributed by atoms with Crippen molar-refractivity contribution in [2.24, 2.45) is 5.92 Å². The van der Waals surface area contributed by atoms with Gasteiger partial charge in [-0.15, -0.1) is 0 Å². The second kappa shape index (κ2) is 6.97. The Bertz CT molecular complexity index is 233. The van der Waals surface area contributed by atoms with Crippen LogP contribution >= 0.6 is 0 Å². The molecule has 0 unspecified atom stereocenters. The summed E-state index contributed by atoms with van der Waals surface area (Å²) in [7, 11) is 0. The van der Waals surface area contributed by atoms with E-state index < -0.39 is 0 Å². The maximum Gasteiger partial charge on any atom is 0.224 e. The van der Waals surface area contributed by atoms with Gasteiger partial charge in [0, 0.05) is 19.6 Å². The molecule has 4 nitrogen and oxygen atoms in total. The molecule has 1 amide bonds. The van der Waals surface area contributed by atoms with E-state index in [2.05, 4.69) is 15.5 Å². The molecule has 2 aliphatic heterocycles. The summed E-state index contributed by atoms with van der Waals surface area (Å²) < 4.78 is 0. The molecule has 2 aliphatic rings. The van der Waals surface area contributed by atoms with Gasteiger partial charge in [0.1, 0.15) is 0 Å². The zero-order chi connectivity index (χ0) is 11.9. The van der Waals surface area contributed by atoms with E-state index in [4.69, 9.17) is 0 Å². The minimum Gasteiger partial charge on any atom is -0.355 e. The number of nitrogens with one attached hydrogen (secondary N) is 2. The molecule has 98 valence electrons. The standard InChI is InChI=1S/C13H25N3O/c17-13(12-5-4-6-14-11-12)15-7-10-16-8-2-1-3-9-16/h12,14H,1-11H2,(H,15,17)/t12-/m1/s1. The van der Waals surface area contributed by atoms with Gasteiger partial charge in [0.05, 0.1) is 5.92 Å². The summed E-state index contributed by atoms with van der Waals surface area (Å²) in [6.45, 7) is 6.18. The molecule has 2 fully saturated rings. The number of hydrogen-bond donors (Lipinski definition) is 2. The van der Waals surface area contributed by atoms with Crippen LogP contribution in [0.25, 0.3) is 0 Å². The minimum atomic E-state index is 0.199. The summed E-state index contributed by atoms with van der Waals surface area (Å²) >= 11 is 0. The monoisotopic (exact) mass is 239 g/mol. The second-order valence-electron chi connectivity index (χ2n) is 5.24. The molecule has 17 heavy (non-hydrogen) atoms. The number of carbonyl (C=O) groups is 1. The van der Waals surface area contributed by atoms with Gasteiger partial charge >= 0.3 is 0 Å². The van der Waals surface area contributed by atoms with Crippen LogP contribution in [0.5, 0.6) is 0 Å². The Labute approximate surface area is 104 Å².